The summed E-state index contributed by atoms with van der Waals surface area (Å²) in [7, 11) is 0. The van der Waals surface area contributed by atoms with Gasteiger partial charge in [0.25, 0.3) is 6.43 Å². The minimum absolute atomic E-state index is 0.100. The van der Waals surface area contributed by atoms with Crippen LogP contribution in [0, 0.1) is 0 Å². The van der Waals surface area contributed by atoms with Gasteiger partial charge in [0.2, 0.25) is 0 Å². The predicted molar refractivity (Wildman–Crippen MR) is 108 cm³/mol. The second-order valence-corrected chi connectivity index (χ2v) is 9.58. The number of benzene rings is 2. The predicted octanol–water partition coefficient (Wildman–Crippen LogP) is 4.37. The van der Waals surface area contributed by atoms with Crippen LogP contribution in [-0.2, 0) is 24.5 Å². The molecule has 0 aliphatic carbocycles. The van der Waals surface area contributed by atoms with E-state index < -0.39 is 28.6 Å². The van der Waals surface area contributed by atoms with Crippen LogP contribution in [-0.4, -0.2) is 33.2 Å². The molecule has 0 saturated carbocycles. The van der Waals surface area contributed by atoms with Gasteiger partial charge < -0.3 is 4.55 Å². The molecule has 2 rings (SSSR count). The van der Waals surface area contributed by atoms with Crippen LogP contribution in [0.5, 0.6) is 0 Å². The second kappa shape index (κ2) is 10.2. The number of nitrogens with one attached hydrogen (secondary N) is 1. The standard InChI is InChI=1S/C21H28F2N2OS/c1-21(2,3)27(26)24-19(20(22)23)16-25(14-17-10-6-4-7-11-17)15-18-12-8-5-9-13-18/h4-13,19-20,24H,14-16H2,1-3H3/t19-,27+/m0/s1. The molecule has 3 nitrogen and oxygen atoms in total. The van der Waals surface area contributed by atoms with E-state index in [2.05, 4.69) is 4.72 Å². The quantitative estimate of drug-likeness (QED) is 0.642. The van der Waals surface area contributed by atoms with Crippen molar-refractivity contribution in [2.75, 3.05) is 6.54 Å². The largest absolute Gasteiger partial charge is 0.598 e. The Hall–Kier alpha value is -1.47. The van der Waals surface area contributed by atoms with Crippen LogP contribution in [0.1, 0.15) is 31.9 Å². The molecule has 6 heteroatoms. The summed E-state index contributed by atoms with van der Waals surface area (Å²) in [4.78, 5) is 1.97. The van der Waals surface area contributed by atoms with E-state index >= 15 is 0 Å². The monoisotopic (exact) mass is 394 g/mol. The smallest absolute Gasteiger partial charge is 0.259 e. The van der Waals surface area contributed by atoms with Crippen molar-refractivity contribution < 1.29 is 13.3 Å². The number of hydrogen-bond donors (Lipinski definition) is 1. The number of hydrogen-bond acceptors (Lipinski definition) is 3. The van der Waals surface area contributed by atoms with Crippen molar-refractivity contribution in [1.29, 1.82) is 0 Å². The summed E-state index contributed by atoms with van der Waals surface area (Å²) in [5, 5.41) is 0. The highest BCUT2D eigenvalue weighted by molar-refractivity contribution is 7.90. The molecule has 0 aliphatic rings. The Bertz CT molecular complexity index is 623. The molecule has 0 heterocycles. The van der Waals surface area contributed by atoms with Gasteiger partial charge in [-0.3, -0.25) is 4.90 Å². The highest BCUT2D eigenvalue weighted by Crippen LogP contribution is 2.18. The lowest BCUT2D eigenvalue weighted by molar-refractivity contribution is 0.0810. The molecule has 0 fully saturated rings. The Morgan fingerprint density at radius 3 is 1.74 bits per heavy atom. The van der Waals surface area contributed by atoms with Crippen molar-refractivity contribution in [2.24, 2.45) is 0 Å². The third-order valence-corrected chi connectivity index (χ3v) is 5.70. The highest BCUT2D eigenvalue weighted by atomic mass is 32.2. The van der Waals surface area contributed by atoms with Gasteiger partial charge in [0, 0.05) is 31.0 Å². The molecule has 0 saturated heterocycles. The summed E-state index contributed by atoms with van der Waals surface area (Å²) in [6.07, 6.45) is -2.61. The van der Waals surface area contributed by atoms with E-state index in [0.29, 0.717) is 13.1 Å². The zero-order chi connectivity index (χ0) is 19.9. The summed E-state index contributed by atoms with van der Waals surface area (Å²) in [6.45, 7) is 6.49. The van der Waals surface area contributed by atoms with Crippen molar-refractivity contribution >= 4 is 11.4 Å². The highest BCUT2D eigenvalue weighted by Gasteiger charge is 2.34. The van der Waals surface area contributed by atoms with E-state index in [4.69, 9.17) is 0 Å². The Morgan fingerprint density at radius 2 is 1.37 bits per heavy atom. The van der Waals surface area contributed by atoms with Crippen LogP contribution in [0.3, 0.4) is 0 Å². The van der Waals surface area contributed by atoms with E-state index in [1.165, 1.54) is 0 Å². The van der Waals surface area contributed by atoms with Crippen LogP contribution in [0.25, 0.3) is 0 Å². The fourth-order valence-electron chi connectivity index (χ4n) is 2.63. The maximum Gasteiger partial charge on any atom is 0.259 e. The van der Waals surface area contributed by atoms with E-state index in [1.807, 2.05) is 65.6 Å². The SMILES string of the molecule is CC(C)(C)[S@@+]([O-])N[C@@H](CN(Cc1ccccc1)Cc1ccccc1)C(F)F. The van der Waals surface area contributed by atoms with E-state index in [1.54, 1.807) is 20.8 Å². The topological polar surface area (TPSA) is 38.3 Å². The number of alkyl halides is 2. The molecule has 0 bridgehead atoms. The second-order valence-electron chi connectivity index (χ2n) is 7.58. The molecule has 0 aliphatic heterocycles. The first-order valence-corrected chi connectivity index (χ1v) is 10.2. The fraction of sp³-hybridized carbons (Fsp3) is 0.429. The molecule has 27 heavy (non-hydrogen) atoms. The average molecular weight is 395 g/mol. The lowest BCUT2D eigenvalue weighted by Gasteiger charge is -2.31. The molecule has 2 atom stereocenters. The van der Waals surface area contributed by atoms with Gasteiger partial charge in [-0.1, -0.05) is 60.7 Å². The number of nitrogens with zero attached hydrogens (tertiary/aromatic N) is 1. The normalized spacial score (nSPS) is 14.5. The molecule has 0 unspecified atom stereocenters. The summed E-state index contributed by atoms with van der Waals surface area (Å²) >= 11 is -1.55. The molecule has 0 aromatic heterocycles. The van der Waals surface area contributed by atoms with Gasteiger partial charge in [0.1, 0.15) is 10.8 Å². The molecule has 0 amide bonds. The third-order valence-electron chi connectivity index (χ3n) is 4.07. The zero-order valence-electron chi connectivity index (χ0n) is 16.1. The molecule has 1 N–H and O–H groups in total. The summed E-state index contributed by atoms with van der Waals surface area (Å²) in [6, 6.07) is 18.4. The zero-order valence-corrected chi connectivity index (χ0v) is 16.9. The van der Waals surface area contributed by atoms with Crippen LogP contribution in [0.15, 0.2) is 60.7 Å². The first-order chi connectivity index (χ1) is 12.8. The Balaban J connectivity index is 2.14. The molecule has 0 radical (unpaired) electrons. The third kappa shape index (κ3) is 7.58. The van der Waals surface area contributed by atoms with Gasteiger partial charge >= 0.3 is 0 Å². The molecule has 2 aromatic carbocycles. The number of rotatable bonds is 9. The van der Waals surface area contributed by atoms with E-state index in [0.717, 1.165) is 11.1 Å². The van der Waals surface area contributed by atoms with Crippen molar-refractivity contribution in [1.82, 2.24) is 9.62 Å². The van der Waals surface area contributed by atoms with Gasteiger partial charge in [0.15, 0.2) is 0 Å². The molecule has 148 valence electrons. The van der Waals surface area contributed by atoms with Gasteiger partial charge in [-0.15, -0.1) is 4.72 Å². The minimum atomic E-state index is -2.61. The van der Waals surface area contributed by atoms with Gasteiger partial charge in [-0.05, 0) is 31.9 Å². The van der Waals surface area contributed by atoms with Crippen LogP contribution in [0.2, 0.25) is 0 Å². The van der Waals surface area contributed by atoms with Crippen molar-refractivity contribution in [3.05, 3.63) is 71.8 Å². The number of halogens is 2. The van der Waals surface area contributed by atoms with Crippen molar-refractivity contribution in [2.45, 2.75) is 51.1 Å². The molecule has 2 aromatic rings. The van der Waals surface area contributed by atoms with Crippen molar-refractivity contribution in [3.63, 3.8) is 0 Å². The fourth-order valence-corrected chi connectivity index (χ4v) is 3.43. The molecule has 0 spiro atoms. The van der Waals surface area contributed by atoms with E-state index in [-0.39, 0.29) is 6.54 Å². The Labute approximate surface area is 164 Å². The summed E-state index contributed by atoms with van der Waals surface area (Å²) in [5.41, 5.74) is 2.11. The Kier molecular flexibility index (Phi) is 8.23. The lowest BCUT2D eigenvalue weighted by Crippen LogP contribution is -2.52. The maximum atomic E-state index is 13.7. The van der Waals surface area contributed by atoms with Gasteiger partial charge in [0.05, 0.1) is 0 Å². The van der Waals surface area contributed by atoms with Crippen molar-refractivity contribution in [3.8, 4) is 0 Å². The summed E-state index contributed by atoms with van der Waals surface area (Å²) in [5.74, 6) is 0. The van der Waals surface area contributed by atoms with Crippen LogP contribution < -0.4 is 4.72 Å². The van der Waals surface area contributed by atoms with Gasteiger partial charge in [-0.2, -0.15) is 0 Å². The van der Waals surface area contributed by atoms with Gasteiger partial charge in [-0.25, -0.2) is 8.78 Å². The lowest BCUT2D eigenvalue weighted by atomic mass is 10.1. The minimum Gasteiger partial charge on any atom is -0.598 e. The first kappa shape index (κ1) is 21.8. The average Bonchev–Trinajstić information content (AvgIpc) is 2.61. The first-order valence-electron chi connectivity index (χ1n) is 9.02. The maximum absolute atomic E-state index is 13.7. The van der Waals surface area contributed by atoms with E-state index in [9.17, 15) is 13.3 Å². The summed E-state index contributed by atoms with van der Waals surface area (Å²) < 4.78 is 41.7. The molecular weight excluding hydrogens is 366 g/mol. The van der Waals surface area contributed by atoms with Crippen LogP contribution in [0.4, 0.5) is 8.78 Å². The Morgan fingerprint density at radius 1 is 0.926 bits per heavy atom. The van der Waals surface area contributed by atoms with Crippen LogP contribution >= 0.6 is 0 Å². The molecular formula is C21H28F2N2OS.